The minimum absolute atomic E-state index is 0.0934. The van der Waals surface area contributed by atoms with Gasteiger partial charge in [-0.2, -0.15) is 0 Å². The summed E-state index contributed by atoms with van der Waals surface area (Å²) in [5, 5.41) is 6.17. The number of anilines is 1. The summed E-state index contributed by atoms with van der Waals surface area (Å²) in [6.07, 6.45) is 1.94. The van der Waals surface area contributed by atoms with Crippen LogP contribution in [0.5, 0.6) is 0 Å². The van der Waals surface area contributed by atoms with Gasteiger partial charge in [-0.05, 0) is 36.1 Å². The first kappa shape index (κ1) is 10.6. The number of carbonyl (C=O) groups excluding carboxylic acids is 1. The van der Waals surface area contributed by atoms with Crippen molar-refractivity contribution < 1.29 is 9.53 Å². The number of ether oxygens (including phenoxy) is 1. The maximum absolute atomic E-state index is 11.6. The molecule has 90 valence electrons. The van der Waals surface area contributed by atoms with E-state index in [4.69, 9.17) is 4.74 Å². The summed E-state index contributed by atoms with van der Waals surface area (Å²) in [7, 11) is 0. The fourth-order valence-electron chi connectivity index (χ4n) is 2.37. The van der Waals surface area contributed by atoms with Crippen molar-refractivity contribution in [1.29, 1.82) is 0 Å². The van der Waals surface area contributed by atoms with E-state index in [9.17, 15) is 4.79 Å². The van der Waals surface area contributed by atoms with Gasteiger partial charge in [0.15, 0.2) is 0 Å². The molecule has 0 radical (unpaired) electrons. The van der Waals surface area contributed by atoms with Crippen molar-refractivity contribution in [1.82, 2.24) is 5.32 Å². The van der Waals surface area contributed by atoms with E-state index in [0.717, 1.165) is 25.1 Å². The molecule has 4 nitrogen and oxygen atoms in total. The van der Waals surface area contributed by atoms with Gasteiger partial charge in [0.05, 0.1) is 13.2 Å². The van der Waals surface area contributed by atoms with Gasteiger partial charge in [0.25, 0.3) is 0 Å². The Morgan fingerprint density at radius 1 is 1.29 bits per heavy atom. The highest BCUT2D eigenvalue weighted by atomic mass is 16.5. The zero-order valence-corrected chi connectivity index (χ0v) is 9.66. The Hall–Kier alpha value is -1.55. The number of benzene rings is 1. The molecule has 0 saturated carbocycles. The molecular weight excluding hydrogens is 216 g/mol. The van der Waals surface area contributed by atoms with Crippen molar-refractivity contribution in [3.63, 3.8) is 0 Å². The van der Waals surface area contributed by atoms with Crippen LogP contribution in [0.1, 0.15) is 24.0 Å². The van der Waals surface area contributed by atoms with Gasteiger partial charge < -0.3 is 15.4 Å². The van der Waals surface area contributed by atoms with Gasteiger partial charge in [-0.15, -0.1) is 0 Å². The van der Waals surface area contributed by atoms with Gasteiger partial charge in [0, 0.05) is 12.2 Å². The number of nitrogens with one attached hydrogen (secondary N) is 2. The van der Waals surface area contributed by atoms with Gasteiger partial charge in [-0.3, -0.25) is 4.79 Å². The van der Waals surface area contributed by atoms with Crippen molar-refractivity contribution in [3.05, 3.63) is 29.3 Å². The van der Waals surface area contributed by atoms with Crippen LogP contribution in [0.2, 0.25) is 0 Å². The minimum atomic E-state index is -0.0934. The van der Waals surface area contributed by atoms with Gasteiger partial charge in [-0.1, -0.05) is 6.07 Å². The van der Waals surface area contributed by atoms with Crippen LogP contribution >= 0.6 is 0 Å². The first-order chi connectivity index (χ1) is 8.33. The van der Waals surface area contributed by atoms with E-state index in [1.165, 1.54) is 11.1 Å². The van der Waals surface area contributed by atoms with E-state index >= 15 is 0 Å². The largest absolute Gasteiger partial charge is 0.374 e. The zero-order valence-electron chi connectivity index (χ0n) is 9.66. The molecule has 1 saturated heterocycles. The van der Waals surface area contributed by atoms with Crippen LogP contribution < -0.4 is 10.6 Å². The zero-order chi connectivity index (χ0) is 11.7. The summed E-state index contributed by atoms with van der Waals surface area (Å²) >= 11 is 0. The highest BCUT2D eigenvalue weighted by molar-refractivity contribution is 5.85. The van der Waals surface area contributed by atoms with Crippen LogP contribution in [0.3, 0.4) is 0 Å². The maximum Gasteiger partial charge on any atom is 0.242 e. The molecular formula is C13H16N2O2. The summed E-state index contributed by atoms with van der Waals surface area (Å²) in [6.45, 7) is 2.19. The Labute approximate surface area is 100 Å². The van der Waals surface area contributed by atoms with Crippen molar-refractivity contribution in [2.75, 3.05) is 11.9 Å². The second kappa shape index (κ2) is 4.37. The Bertz CT molecular complexity index is 445. The Morgan fingerprint density at radius 2 is 2.18 bits per heavy atom. The van der Waals surface area contributed by atoms with Gasteiger partial charge in [-0.25, -0.2) is 0 Å². The maximum atomic E-state index is 11.6. The fourth-order valence-corrected chi connectivity index (χ4v) is 2.37. The molecule has 0 spiro atoms. The molecule has 1 fully saturated rings. The third-order valence-electron chi connectivity index (χ3n) is 3.35. The Morgan fingerprint density at radius 3 is 3.06 bits per heavy atom. The topological polar surface area (TPSA) is 50.4 Å². The highest BCUT2D eigenvalue weighted by Crippen LogP contribution is 2.24. The number of amides is 1. The normalized spacial score (nSPS) is 23.1. The second-order valence-electron chi connectivity index (χ2n) is 4.61. The number of carbonyl (C=O) groups is 1. The summed E-state index contributed by atoms with van der Waals surface area (Å²) in [4.78, 5) is 11.6. The van der Waals surface area contributed by atoms with E-state index < -0.39 is 0 Å². The summed E-state index contributed by atoms with van der Waals surface area (Å²) in [6, 6.07) is 6.09. The van der Waals surface area contributed by atoms with Gasteiger partial charge >= 0.3 is 0 Å². The fraction of sp³-hybridized carbons (Fsp3) is 0.462. The standard InChI is InChI=1S/C13H16N2O2/c16-13-12(2-1-5-14-13)15-11-4-3-9-7-17-8-10(9)6-11/h3-4,6,12,15H,1-2,5,7-8H2,(H,14,16). The van der Waals surface area contributed by atoms with Crippen LogP contribution in [0, 0.1) is 0 Å². The van der Waals surface area contributed by atoms with Crippen LogP contribution in [0.15, 0.2) is 18.2 Å². The first-order valence-corrected chi connectivity index (χ1v) is 6.07. The Kier molecular flexibility index (Phi) is 2.73. The average molecular weight is 232 g/mol. The molecule has 0 bridgehead atoms. The minimum Gasteiger partial charge on any atom is -0.374 e. The quantitative estimate of drug-likeness (QED) is 0.810. The second-order valence-corrected chi connectivity index (χ2v) is 4.61. The lowest BCUT2D eigenvalue weighted by molar-refractivity contribution is -0.123. The van der Waals surface area contributed by atoms with Crippen LogP contribution in [-0.4, -0.2) is 18.5 Å². The lowest BCUT2D eigenvalue weighted by Crippen LogP contribution is -2.44. The van der Waals surface area contributed by atoms with Crippen molar-refractivity contribution in [3.8, 4) is 0 Å². The average Bonchev–Trinajstić information content (AvgIpc) is 2.79. The van der Waals surface area contributed by atoms with Crippen molar-refractivity contribution >= 4 is 11.6 Å². The van der Waals surface area contributed by atoms with Crippen molar-refractivity contribution in [2.24, 2.45) is 0 Å². The summed E-state index contributed by atoms with van der Waals surface area (Å²) in [5.41, 5.74) is 3.49. The number of hydrogen-bond acceptors (Lipinski definition) is 3. The lowest BCUT2D eigenvalue weighted by Gasteiger charge is -2.23. The molecule has 2 aliphatic heterocycles. The van der Waals surface area contributed by atoms with Gasteiger partial charge in [0.2, 0.25) is 5.91 Å². The summed E-state index contributed by atoms with van der Waals surface area (Å²) in [5.74, 6) is 0.105. The van der Waals surface area contributed by atoms with Crippen molar-refractivity contribution in [2.45, 2.75) is 32.1 Å². The molecule has 2 heterocycles. The van der Waals surface area contributed by atoms with Crippen LogP contribution in [0.25, 0.3) is 0 Å². The third kappa shape index (κ3) is 2.13. The van der Waals surface area contributed by atoms with E-state index in [1.54, 1.807) is 0 Å². The van der Waals surface area contributed by atoms with E-state index in [2.05, 4.69) is 22.8 Å². The number of piperidine rings is 1. The predicted octanol–water partition coefficient (Wildman–Crippen LogP) is 1.41. The molecule has 3 rings (SSSR count). The molecule has 2 N–H and O–H groups in total. The smallest absolute Gasteiger partial charge is 0.242 e. The first-order valence-electron chi connectivity index (χ1n) is 6.07. The highest BCUT2D eigenvalue weighted by Gasteiger charge is 2.22. The molecule has 4 heteroatoms. The molecule has 1 amide bonds. The Balaban J connectivity index is 1.74. The van der Waals surface area contributed by atoms with Crippen LogP contribution in [-0.2, 0) is 22.7 Å². The number of fused-ring (bicyclic) bond motifs is 1. The van der Waals surface area contributed by atoms with Gasteiger partial charge in [0.1, 0.15) is 6.04 Å². The van der Waals surface area contributed by atoms with E-state index in [1.807, 2.05) is 6.07 Å². The third-order valence-corrected chi connectivity index (χ3v) is 3.35. The molecule has 1 unspecified atom stereocenters. The van der Waals surface area contributed by atoms with E-state index in [-0.39, 0.29) is 11.9 Å². The van der Waals surface area contributed by atoms with Crippen LogP contribution in [0.4, 0.5) is 5.69 Å². The number of rotatable bonds is 2. The monoisotopic (exact) mass is 232 g/mol. The molecule has 1 atom stereocenters. The molecule has 1 aromatic rings. The molecule has 17 heavy (non-hydrogen) atoms. The van der Waals surface area contributed by atoms with E-state index in [0.29, 0.717) is 13.2 Å². The summed E-state index contributed by atoms with van der Waals surface area (Å²) < 4.78 is 5.37. The number of hydrogen-bond donors (Lipinski definition) is 2. The molecule has 1 aromatic carbocycles. The lowest BCUT2D eigenvalue weighted by atomic mass is 10.1. The SMILES string of the molecule is O=C1NCCCC1Nc1ccc2c(c1)COC2. The molecule has 2 aliphatic rings. The predicted molar refractivity (Wildman–Crippen MR) is 64.6 cm³/mol. The molecule has 0 aromatic heterocycles. The molecule has 0 aliphatic carbocycles.